The largest absolute Gasteiger partial charge is 0.481 e. The van der Waals surface area contributed by atoms with Crippen LogP contribution in [0, 0.1) is 12.8 Å². The van der Waals surface area contributed by atoms with Crippen LogP contribution >= 0.6 is 15.9 Å². The van der Waals surface area contributed by atoms with Crippen molar-refractivity contribution in [3.05, 3.63) is 34.2 Å². The molecular weight excluding hydrogens is 350 g/mol. The second-order valence-corrected chi connectivity index (χ2v) is 6.47. The van der Waals surface area contributed by atoms with E-state index in [0.717, 1.165) is 4.47 Å². The van der Waals surface area contributed by atoms with Crippen molar-refractivity contribution in [1.29, 1.82) is 0 Å². The van der Waals surface area contributed by atoms with Gasteiger partial charge in [0.05, 0.1) is 11.6 Å². The number of carboxylic acid groups (broad SMARTS) is 1. The molecule has 0 aliphatic carbocycles. The zero-order valence-corrected chi connectivity index (χ0v) is 13.7. The van der Waals surface area contributed by atoms with Crippen LogP contribution in [0.3, 0.4) is 0 Å². The molecule has 1 fully saturated rings. The van der Waals surface area contributed by atoms with Crippen LogP contribution in [0.15, 0.2) is 22.8 Å². The fraction of sp³-hybridized carbons (Fsp3) is 0.400. The minimum absolute atomic E-state index is 0.158. The van der Waals surface area contributed by atoms with E-state index in [2.05, 4.69) is 20.9 Å². The topological polar surface area (TPSA) is 74.9 Å². The van der Waals surface area contributed by atoms with Crippen molar-refractivity contribution < 1.29 is 14.7 Å². The van der Waals surface area contributed by atoms with Crippen LogP contribution in [0.4, 0.5) is 0 Å². The summed E-state index contributed by atoms with van der Waals surface area (Å²) < 4.78 is 2.61. The smallest absolute Gasteiger partial charge is 0.308 e. The SMILES string of the molecule is Cc1nc2ccc(Br)cn2c1C(=O)N1CCCC(C(=O)O)C1. The van der Waals surface area contributed by atoms with Gasteiger partial charge in [-0.05, 0) is 47.8 Å². The van der Waals surface area contributed by atoms with Crippen LogP contribution in [0.5, 0.6) is 0 Å². The van der Waals surface area contributed by atoms with Gasteiger partial charge in [0.15, 0.2) is 0 Å². The van der Waals surface area contributed by atoms with Crippen molar-refractivity contribution in [1.82, 2.24) is 14.3 Å². The van der Waals surface area contributed by atoms with Crippen LogP contribution in [0.2, 0.25) is 0 Å². The van der Waals surface area contributed by atoms with E-state index in [1.807, 2.05) is 12.1 Å². The summed E-state index contributed by atoms with van der Waals surface area (Å²) in [6.45, 7) is 2.64. The molecule has 1 atom stereocenters. The van der Waals surface area contributed by atoms with Gasteiger partial charge in [0.1, 0.15) is 11.3 Å². The lowest BCUT2D eigenvalue weighted by Crippen LogP contribution is -2.42. The van der Waals surface area contributed by atoms with Crippen molar-refractivity contribution in [2.24, 2.45) is 5.92 Å². The quantitative estimate of drug-likeness (QED) is 0.886. The van der Waals surface area contributed by atoms with E-state index < -0.39 is 11.9 Å². The second kappa shape index (κ2) is 5.72. The van der Waals surface area contributed by atoms with Gasteiger partial charge in [-0.2, -0.15) is 0 Å². The molecule has 0 spiro atoms. The molecule has 0 radical (unpaired) electrons. The third-order valence-electron chi connectivity index (χ3n) is 4.02. The van der Waals surface area contributed by atoms with Crippen LogP contribution in [0.1, 0.15) is 29.0 Å². The Labute approximate surface area is 135 Å². The molecule has 1 aliphatic heterocycles. The average Bonchev–Trinajstić information content (AvgIpc) is 2.82. The average molecular weight is 366 g/mol. The van der Waals surface area contributed by atoms with Gasteiger partial charge in [-0.1, -0.05) is 0 Å². The molecule has 3 rings (SSSR count). The summed E-state index contributed by atoms with van der Waals surface area (Å²) in [5.41, 5.74) is 1.86. The first-order chi connectivity index (χ1) is 10.5. The molecule has 2 aromatic rings. The number of amides is 1. The minimum atomic E-state index is -0.838. The number of aromatic nitrogens is 2. The van der Waals surface area contributed by atoms with Gasteiger partial charge in [0.25, 0.3) is 5.91 Å². The van der Waals surface area contributed by atoms with Crippen molar-refractivity contribution in [3.63, 3.8) is 0 Å². The second-order valence-electron chi connectivity index (χ2n) is 5.55. The number of aliphatic carboxylic acids is 1. The maximum atomic E-state index is 12.8. The molecule has 3 heterocycles. The molecule has 116 valence electrons. The Kier molecular flexibility index (Phi) is 3.90. The predicted molar refractivity (Wildman–Crippen MR) is 83.9 cm³/mol. The minimum Gasteiger partial charge on any atom is -0.481 e. The fourth-order valence-electron chi connectivity index (χ4n) is 2.91. The number of aryl methyl sites for hydroxylation is 1. The highest BCUT2D eigenvalue weighted by Crippen LogP contribution is 2.22. The van der Waals surface area contributed by atoms with Gasteiger partial charge < -0.3 is 10.0 Å². The highest BCUT2D eigenvalue weighted by atomic mass is 79.9. The zero-order valence-electron chi connectivity index (χ0n) is 12.1. The monoisotopic (exact) mass is 365 g/mol. The molecular formula is C15H16BrN3O3. The summed E-state index contributed by atoms with van der Waals surface area (Å²) >= 11 is 3.40. The number of carboxylic acids is 1. The summed E-state index contributed by atoms with van der Waals surface area (Å²) in [6, 6.07) is 3.71. The summed E-state index contributed by atoms with van der Waals surface area (Å²) in [5.74, 6) is -1.48. The maximum absolute atomic E-state index is 12.8. The lowest BCUT2D eigenvalue weighted by Gasteiger charge is -2.30. The molecule has 1 saturated heterocycles. The maximum Gasteiger partial charge on any atom is 0.308 e. The van der Waals surface area contributed by atoms with E-state index in [4.69, 9.17) is 5.11 Å². The fourth-order valence-corrected chi connectivity index (χ4v) is 3.24. The third kappa shape index (κ3) is 2.61. The normalized spacial score (nSPS) is 18.6. The predicted octanol–water partition coefficient (Wildman–Crippen LogP) is 2.34. The van der Waals surface area contributed by atoms with E-state index in [1.165, 1.54) is 0 Å². The van der Waals surface area contributed by atoms with Gasteiger partial charge in [-0.15, -0.1) is 0 Å². The van der Waals surface area contributed by atoms with Crippen molar-refractivity contribution >= 4 is 33.5 Å². The summed E-state index contributed by atoms with van der Waals surface area (Å²) in [7, 11) is 0. The van der Waals surface area contributed by atoms with E-state index in [1.54, 1.807) is 22.4 Å². The van der Waals surface area contributed by atoms with Gasteiger partial charge in [0, 0.05) is 23.8 Å². The number of halogens is 1. The van der Waals surface area contributed by atoms with Crippen LogP contribution in [0.25, 0.3) is 5.65 Å². The molecule has 2 aromatic heterocycles. The number of fused-ring (bicyclic) bond motifs is 1. The number of hydrogen-bond donors (Lipinski definition) is 1. The Morgan fingerprint density at radius 1 is 1.41 bits per heavy atom. The van der Waals surface area contributed by atoms with Gasteiger partial charge in [0.2, 0.25) is 0 Å². The molecule has 22 heavy (non-hydrogen) atoms. The van der Waals surface area contributed by atoms with Crippen LogP contribution < -0.4 is 0 Å². The molecule has 0 saturated carbocycles. The Morgan fingerprint density at radius 3 is 2.91 bits per heavy atom. The van der Waals surface area contributed by atoms with Crippen molar-refractivity contribution in [2.75, 3.05) is 13.1 Å². The van der Waals surface area contributed by atoms with Crippen LogP contribution in [-0.4, -0.2) is 44.4 Å². The van der Waals surface area contributed by atoms with E-state index in [0.29, 0.717) is 36.4 Å². The molecule has 1 amide bonds. The number of piperidine rings is 1. The highest BCUT2D eigenvalue weighted by molar-refractivity contribution is 9.10. The number of nitrogens with zero attached hydrogens (tertiary/aromatic N) is 3. The highest BCUT2D eigenvalue weighted by Gasteiger charge is 2.30. The molecule has 1 unspecified atom stereocenters. The van der Waals surface area contributed by atoms with Crippen molar-refractivity contribution in [3.8, 4) is 0 Å². The molecule has 1 aliphatic rings. The zero-order chi connectivity index (χ0) is 15.9. The number of carbonyl (C=O) groups is 2. The summed E-state index contributed by atoms with van der Waals surface area (Å²) in [6.07, 6.45) is 3.14. The number of imidazole rings is 1. The Balaban J connectivity index is 1.96. The Morgan fingerprint density at radius 2 is 2.18 bits per heavy atom. The summed E-state index contributed by atoms with van der Waals surface area (Å²) in [5, 5.41) is 9.17. The number of hydrogen-bond acceptors (Lipinski definition) is 3. The first-order valence-electron chi connectivity index (χ1n) is 7.13. The van der Waals surface area contributed by atoms with Crippen LogP contribution in [-0.2, 0) is 4.79 Å². The van der Waals surface area contributed by atoms with Crippen molar-refractivity contribution in [2.45, 2.75) is 19.8 Å². The lowest BCUT2D eigenvalue weighted by atomic mass is 9.98. The van der Waals surface area contributed by atoms with E-state index in [9.17, 15) is 9.59 Å². The number of rotatable bonds is 2. The number of pyridine rings is 1. The molecule has 0 bridgehead atoms. The lowest BCUT2D eigenvalue weighted by molar-refractivity contribution is -0.143. The molecule has 6 nitrogen and oxygen atoms in total. The molecule has 0 aromatic carbocycles. The first-order valence-corrected chi connectivity index (χ1v) is 7.93. The van der Waals surface area contributed by atoms with E-state index in [-0.39, 0.29) is 12.5 Å². The first kappa shape index (κ1) is 15.0. The number of carbonyl (C=O) groups excluding carboxylic acids is 1. The molecule has 1 N–H and O–H groups in total. The Bertz CT molecular complexity index is 756. The van der Waals surface area contributed by atoms with E-state index >= 15 is 0 Å². The molecule has 7 heteroatoms. The summed E-state index contributed by atoms with van der Waals surface area (Å²) in [4.78, 5) is 30.0. The van der Waals surface area contributed by atoms with Gasteiger partial charge in [-0.3, -0.25) is 14.0 Å². The Hall–Kier alpha value is -1.89. The van der Waals surface area contributed by atoms with Gasteiger partial charge >= 0.3 is 5.97 Å². The third-order valence-corrected chi connectivity index (χ3v) is 4.49. The number of likely N-dealkylation sites (tertiary alicyclic amines) is 1. The van der Waals surface area contributed by atoms with Gasteiger partial charge in [-0.25, -0.2) is 4.98 Å². The standard InChI is InChI=1S/C15H16BrN3O3/c1-9-13(19-8-11(16)4-5-12(19)17-9)14(20)18-6-2-3-10(7-18)15(21)22/h4-5,8,10H,2-3,6-7H2,1H3,(H,21,22).